The number of hydrogen-bond donors (Lipinski definition) is 3. The number of piperidine rings is 1. The predicted molar refractivity (Wildman–Crippen MR) is 81.9 cm³/mol. The van der Waals surface area contributed by atoms with Gasteiger partial charge in [-0.15, -0.1) is 0 Å². The van der Waals surface area contributed by atoms with Crippen molar-refractivity contribution in [1.29, 1.82) is 0 Å². The smallest absolute Gasteiger partial charge is 0.356 e. The van der Waals surface area contributed by atoms with Crippen LogP contribution in [0, 0.1) is 23.5 Å². The largest absolute Gasteiger partial charge is 0.416 e. The zero-order valence-corrected chi connectivity index (χ0v) is 13.8. The highest BCUT2D eigenvalue weighted by atomic mass is 19.4. The van der Waals surface area contributed by atoms with E-state index in [1.807, 2.05) is 6.92 Å². The van der Waals surface area contributed by atoms with Gasteiger partial charge in [0.25, 0.3) is 0 Å². The molecular formula is C16H18F5N3O2. The lowest BCUT2D eigenvalue weighted by atomic mass is 9.87. The van der Waals surface area contributed by atoms with E-state index in [2.05, 4.69) is 16.0 Å². The molecule has 0 radical (unpaired) electrons. The molecule has 3 amide bonds. The summed E-state index contributed by atoms with van der Waals surface area (Å²) in [5.41, 5.74) is -2.13. The van der Waals surface area contributed by atoms with E-state index in [1.54, 1.807) is 0 Å². The molecule has 1 aliphatic rings. The normalized spacial score (nSPS) is 20.5. The molecule has 2 rings (SSSR count). The zero-order valence-electron chi connectivity index (χ0n) is 13.8. The van der Waals surface area contributed by atoms with Crippen LogP contribution in [0.4, 0.5) is 26.7 Å². The van der Waals surface area contributed by atoms with Gasteiger partial charge in [-0.05, 0) is 24.5 Å². The maximum atomic E-state index is 13.7. The van der Waals surface area contributed by atoms with Crippen molar-refractivity contribution >= 4 is 11.9 Å². The summed E-state index contributed by atoms with van der Waals surface area (Å²) in [5.74, 6) is -3.36. The Morgan fingerprint density at radius 3 is 2.38 bits per heavy atom. The Kier molecular flexibility index (Phi) is 6.04. The summed E-state index contributed by atoms with van der Waals surface area (Å²) in [5, 5.41) is 7.26. The third kappa shape index (κ3) is 4.83. The van der Waals surface area contributed by atoms with Crippen LogP contribution < -0.4 is 16.0 Å². The van der Waals surface area contributed by atoms with Crippen molar-refractivity contribution in [2.24, 2.45) is 11.8 Å². The van der Waals surface area contributed by atoms with Crippen molar-refractivity contribution in [2.45, 2.75) is 26.1 Å². The highest BCUT2D eigenvalue weighted by molar-refractivity contribution is 5.81. The minimum atomic E-state index is -4.87. The second-order valence-corrected chi connectivity index (χ2v) is 6.14. The molecule has 3 N–H and O–H groups in total. The van der Waals surface area contributed by atoms with Gasteiger partial charge in [-0.3, -0.25) is 4.79 Å². The highest BCUT2D eigenvalue weighted by Gasteiger charge is 2.33. The van der Waals surface area contributed by atoms with Crippen LogP contribution in [-0.2, 0) is 17.5 Å². The molecule has 0 spiro atoms. The summed E-state index contributed by atoms with van der Waals surface area (Å²) < 4.78 is 64.9. The zero-order chi connectivity index (χ0) is 19.5. The Morgan fingerprint density at radius 1 is 1.23 bits per heavy atom. The Morgan fingerprint density at radius 2 is 1.85 bits per heavy atom. The Hall–Kier alpha value is -2.39. The fourth-order valence-electron chi connectivity index (χ4n) is 2.68. The topological polar surface area (TPSA) is 70.2 Å². The SMILES string of the molecule is CC1CCNC(=O)C1CNC(=O)NCc1c(F)cc(C(F)(F)F)cc1F. The molecule has 0 aliphatic carbocycles. The lowest BCUT2D eigenvalue weighted by Gasteiger charge is -2.28. The Bertz CT molecular complexity index is 670. The van der Waals surface area contributed by atoms with Crippen molar-refractivity contribution in [1.82, 2.24) is 16.0 Å². The first-order valence-electron chi connectivity index (χ1n) is 7.94. The molecule has 1 heterocycles. The van der Waals surface area contributed by atoms with E-state index in [-0.39, 0.29) is 30.5 Å². The summed E-state index contributed by atoms with van der Waals surface area (Å²) in [4.78, 5) is 23.5. The maximum absolute atomic E-state index is 13.7. The van der Waals surface area contributed by atoms with Crippen molar-refractivity contribution in [3.05, 3.63) is 34.9 Å². The van der Waals surface area contributed by atoms with E-state index in [9.17, 15) is 31.5 Å². The van der Waals surface area contributed by atoms with Gasteiger partial charge in [0.1, 0.15) is 11.6 Å². The van der Waals surface area contributed by atoms with Gasteiger partial charge in [-0.1, -0.05) is 6.92 Å². The maximum Gasteiger partial charge on any atom is 0.416 e. The molecule has 1 aliphatic heterocycles. The molecule has 1 saturated heterocycles. The molecule has 10 heteroatoms. The molecule has 1 aromatic carbocycles. The van der Waals surface area contributed by atoms with Crippen molar-refractivity contribution in [2.75, 3.05) is 13.1 Å². The molecule has 26 heavy (non-hydrogen) atoms. The van der Waals surface area contributed by atoms with Crippen LogP contribution in [0.1, 0.15) is 24.5 Å². The van der Waals surface area contributed by atoms with Gasteiger partial charge in [0.05, 0.1) is 18.0 Å². The number of amides is 3. The molecular weight excluding hydrogens is 361 g/mol. The van der Waals surface area contributed by atoms with E-state index < -0.39 is 47.4 Å². The number of alkyl halides is 3. The number of nitrogens with one attached hydrogen (secondary N) is 3. The van der Waals surface area contributed by atoms with Gasteiger partial charge in [-0.25, -0.2) is 13.6 Å². The number of carbonyl (C=O) groups is 2. The molecule has 2 atom stereocenters. The highest BCUT2D eigenvalue weighted by Crippen LogP contribution is 2.31. The Labute approximate surface area is 146 Å². The lowest BCUT2D eigenvalue weighted by molar-refractivity contribution is -0.138. The molecule has 1 fully saturated rings. The van der Waals surface area contributed by atoms with Crippen LogP contribution in [0.15, 0.2) is 12.1 Å². The molecule has 0 aromatic heterocycles. The van der Waals surface area contributed by atoms with Crippen LogP contribution in [0.5, 0.6) is 0 Å². The van der Waals surface area contributed by atoms with Crippen molar-refractivity contribution < 1.29 is 31.5 Å². The molecule has 0 bridgehead atoms. The van der Waals surface area contributed by atoms with E-state index in [4.69, 9.17) is 0 Å². The fourth-order valence-corrected chi connectivity index (χ4v) is 2.68. The lowest BCUT2D eigenvalue weighted by Crippen LogP contribution is -2.48. The summed E-state index contributed by atoms with van der Waals surface area (Å²) in [6.07, 6.45) is -4.11. The van der Waals surface area contributed by atoms with E-state index in [0.717, 1.165) is 6.42 Å². The molecule has 1 aromatic rings. The first-order valence-corrected chi connectivity index (χ1v) is 7.94. The number of rotatable bonds is 4. The summed E-state index contributed by atoms with van der Waals surface area (Å²) >= 11 is 0. The van der Waals surface area contributed by atoms with Crippen LogP contribution >= 0.6 is 0 Å². The minimum Gasteiger partial charge on any atom is -0.356 e. The van der Waals surface area contributed by atoms with Gasteiger partial charge >= 0.3 is 12.2 Å². The van der Waals surface area contributed by atoms with Crippen LogP contribution in [-0.4, -0.2) is 25.0 Å². The van der Waals surface area contributed by atoms with E-state index in [0.29, 0.717) is 6.54 Å². The van der Waals surface area contributed by atoms with Crippen molar-refractivity contribution in [3.63, 3.8) is 0 Å². The van der Waals surface area contributed by atoms with Gasteiger partial charge in [0.2, 0.25) is 5.91 Å². The number of hydrogen-bond acceptors (Lipinski definition) is 2. The number of urea groups is 1. The van der Waals surface area contributed by atoms with Crippen LogP contribution in [0.25, 0.3) is 0 Å². The van der Waals surface area contributed by atoms with Gasteiger partial charge < -0.3 is 16.0 Å². The first kappa shape index (κ1) is 19.9. The average molecular weight is 379 g/mol. The summed E-state index contributed by atoms with van der Waals surface area (Å²) in [6.45, 7) is 1.84. The molecule has 144 valence electrons. The van der Waals surface area contributed by atoms with Gasteiger partial charge in [0.15, 0.2) is 0 Å². The number of carbonyl (C=O) groups excluding carboxylic acids is 2. The molecule has 5 nitrogen and oxygen atoms in total. The minimum absolute atomic E-state index is 0.0385. The van der Waals surface area contributed by atoms with Crippen LogP contribution in [0.2, 0.25) is 0 Å². The third-order valence-corrected chi connectivity index (χ3v) is 4.30. The van der Waals surface area contributed by atoms with E-state index in [1.165, 1.54) is 0 Å². The third-order valence-electron chi connectivity index (χ3n) is 4.30. The number of halogens is 5. The van der Waals surface area contributed by atoms with Gasteiger partial charge in [0, 0.05) is 18.7 Å². The van der Waals surface area contributed by atoms with Gasteiger partial charge in [-0.2, -0.15) is 13.2 Å². The monoisotopic (exact) mass is 379 g/mol. The first-order chi connectivity index (χ1) is 12.1. The molecule has 2 unspecified atom stereocenters. The van der Waals surface area contributed by atoms with Crippen LogP contribution in [0.3, 0.4) is 0 Å². The molecule has 0 saturated carbocycles. The number of benzene rings is 1. The quantitative estimate of drug-likeness (QED) is 0.704. The van der Waals surface area contributed by atoms with E-state index >= 15 is 0 Å². The predicted octanol–water partition coefficient (Wildman–Crippen LogP) is 2.55. The average Bonchev–Trinajstić information content (AvgIpc) is 2.52. The van der Waals surface area contributed by atoms with Crippen molar-refractivity contribution in [3.8, 4) is 0 Å². The summed E-state index contributed by atoms with van der Waals surface area (Å²) in [7, 11) is 0. The Balaban J connectivity index is 1.92. The second-order valence-electron chi connectivity index (χ2n) is 6.14. The summed E-state index contributed by atoms with van der Waals surface area (Å²) in [6, 6.07) is -0.438. The fraction of sp³-hybridized carbons (Fsp3) is 0.500. The standard InChI is InChI=1S/C16H18F5N3O2/c1-8-2-3-22-14(25)10(8)6-23-15(26)24-7-11-12(17)4-9(5-13(11)18)16(19,20)21/h4-5,8,10H,2-3,6-7H2,1H3,(H,22,25)(H2,23,24,26). The second kappa shape index (κ2) is 7.88.